The van der Waals surface area contributed by atoms with Gasteiger partial charge in [0.2, 0.25) is 0 Å². The minimum Gasteiger partial charge on any atom is -0.0766 e. The smallest absolute Gasteiger partial charge is 0.00235 e. The Balaban J connectivity index is 1.85. The molecule has 2 fully saturated rings. The summed E-state index contributed by atoms with van der Waals surface area (Å²) in [6, 6.07) is 0. The third kappa shape index (κ3) is 0.868. The molecular weight excluding hydrogens is 156 g/mol. The molecule has 13 heavy (non-hydrogen) atoms. The number of hydrogen-bond donors (Lipinski definition) is 0. The van der Waals surface area contributed by atoms with Crippen LogP contribution in [0.2, 0.25) is 0 Å². The summed E-state index contributed by atoms with van der Waals surface area (Å²) in [5.41, 5.74) is 5.23. The molecule has 2 unspecified atom stereocenters. The molecule has 0 spiro atoms. The molecule has 3 aliphatic rings. The minimum atomic E-state index is 0.932. The quantitative estimate of drug-likeness (QED) is 0.570. The predicted octanol–water partition coefficient (Wildman–Crippen LogP) is 3.55. The highest BCUT2D eigenvalue weighted by Gasteiger charge is 2.47. The Kier molecular flexibility index (Phi) is 1.38. The molecule has 0 nitrogen and oxygen atoms in total. The van der Waals surface area contributed by atoms with Gasteiger partial charge in [-0.1, -0.05) is 32.4 Å². The van der Waals surface area contributed by atoms with Crippen molar-refractivity contribution in [3.8, 4) is 0 Å². The molecule has 0 N–H and O–H groups in total. The summed E-state index contributed by atoms with van der Waals surface area (Å²) < 4.78 is 0. The van der Waals surface area contributed by atoms with Crippen LogP contribution < -0.4 is 0 Å². The first-order valence-corrected chi connectivity index (χ1v) is 5.61. The van der Waals surface area contributed by atoms with Gasteiger partial charge in [0.25, 0.3) is 0 Å². The molecule has 0 aromatic carbocycles. The first-order chi connectivity index (χ1) is 6.20. The molecule has 0 saturated heterocycles. The maximum absolute atomic E-state index is 2.45. The monoisotopic (exact) mass is 174 g/mol. The Labute approximate surface area is 80.7 Å². The van der Waals surface area contributed by atoms with Crippen LogP contribution in [0, 0.1) is 23.7 Å². The van der Waals surface area contributed by atoms with Crippen molar-refractivity contribution >= 4 is 0 Å². The average Bonchev–Trinajstić information content (AvgIpc) is 2.82. The van der Waals surface area contributed by atoms with Gasteiger partial charge in [0, 0.05) is 0 Å². The van der Waals surface area contributed by atoms with Crippen molar-refractivity contribution in [1.29, 1.82) is 0 Å². The van der Waals surface area contributed by atoms with Crippen LogP contribution >= 0.6 is 0 Å². The molecule has 0 bridgehead atoms. The number of hydrogen-bond acceptors (Lipinski definition) is 0. The van der Waals surface area contributed by atoms with Crippen molar-refractivity contribution in [2.75, 3.05) is 0 Å². The molecule has 3 aliphatic carbocycles. The lowest BCUT2D eigenvalue weighted by Crippen LogP contribution is -2.42. The predicted molar refractivity (Wildman–Crippen MR) is 55.3 cm³/mol. The fourth-order valence-electron chi connectivity index (χ4n) is 3.46. The van der Waals surface area contributed by atoms with Crippen LogP contribution in [0.5, 0.6) is 0 Å². The minimum absolute atomic E-state index is 0.932. The SMILES string of the molecule is CC1C(C)C(C2=C3CC3=CC2)C1C. The third-order valence-electron chi connectivity index (χ3n) is 4.78. The number of fused-ring (bicyclic) bond motifs is 1. The lowest BCUT2D eigenvalue weighted by atomic mass is 9.56. The Hall–Kier alpha value is -0.520. The van der Waals surface area contributed by atoms with E-state index in [1.165, 1.54) is 12.8 Å². The number of rotatable bonds is 1. The Bertz CT molecular complexity index is 309. The Morgan fingerprint density at radius 1 is 1.08 bits per heavy atom. The van der Waals surface area contributed by atoms with E-state index in [9.17, 15) is 0 Å². The second-order valence-electron chi connectivity index (χ2n) is 5.22. The Morgan fingerprint density at radius 2 is 1.77 bits per heavy atom. The van der Waals surface area contributed by atoms with E-state index in [2.05, 4.69) is 26.8 Å². The standard InChI is InChI=1S/C13H18/c1-7-8(2)13(9(7)3)11-5-4-10-6-12(10)11/h4,7-9,13H,5-6H2,1-3H3. The van der Waals surface area contributed by atoms with E-state index < -0.39 is 0 Å². The summed E-state index contributed by atoms with van der Waals surface area (Å²) in [4.78, 5) is 0. The average molecular weight is 174 g/mol. The zero-order chi connectivity index (χ0) is 9.16. The molecular formula is C13H18. The maximum atomic E-state index is 2.45. The van der Waals surface area contributed by atoms with Gasteiger partial charge >= 0.3 is 0 Å². The van der Waals surface area contributed by atoms with Gasteiger partial charge in [0.15, 0.2) is 0 Å². The number of allylic oxidation sites excluding steroid dienone is 4. The molecule has 0 heteroatoms. The zero-order valence-corrected chi connectivity index (χ0v) is 8.80. The van der Waals surface area contributed by atoms with Crippen molar-refractivity contribution in [2.24, 2.45) is 23.7 Å². The van der Waals surface area contributed by atoms with Crippen molar-refractivity contribution < 1.29 is 0 Å². The first-order valence-electron chi connectivity index (χ1n) is 5.61. The van der Waals surface area contributed by atoms with Gasteiger partial charge in [0.1, 0.15) is 0 Å². The van der Waals surface area contributed by atoms with E-state index in [1.54, 1.807) is 11.1 Å². The summed E-state index contributed by atoms with van der Waals surface area (Å²) in [6.07, 6.45) is 5.07. The van der Waals surface area contributed by atoms with Crippen LogP contribution in [0.3, 0.4) is 0 Å². The van der Waals surface area contributed by atoms with Crippen LogP contribution in [-0.2, 0) is 0 Å². The van der Waals surface area contributed by atoms with E-state index in [4.69, 9.17) is 0 Å². The summed E-state index contributed by atoms with van der Waals surface area (Å²) >= 11 is 0. The van der Waals surface area contributed by atoms with E-state index in [0.29, 0.717) is 0 Å². The molecule has 2 atom stereocenters. The van der Waals surface area contributed by atoms with E-state index in [-0.39, 0.29) is 0 Å². The molecule has 0 amide bonds. The summed E-state index contributed by atoms with van der Waals surface area (Å²) in [7, 11) is 0. The summed E-state index contributed by atoms with van der Waals surface area (Å²) in [6.45, 7) is 7.28. The molecule has 0 aromatic heterocycles. The maximum Gasteiger partial charge on any atom is -0.00235 e. The molecule has 0 radical (unpaired) electrons. The first kappa shape index (κ1) is 7.84. The van der Waals surface area contributed by atoms with Crippen LogP contribution in [0.25, 0.3) is 0 Å². The van der Waals surface area contributed by atoms with Gasteiger partial charge < -0.3 is 0 Å². The zero-order valence-electron chi connectivity index (χ0n) is 8.80. The molecule has 3 rings (SSSR count). The van der Waals surface area contributed by atoms with E-state index >= 15 is 0 Å². The van der Waals surface area contributed by atoms with Gasteiger partial charge in [-0.15, -0.1) is 0 Å². The molecule has 2 saturated carbocycles. The van der Waals surface area contributed by atoms with Crippen LogP contribution in [-0.4, -0.2) is 0 Å². The van der Waals surface area contributed by atoms with Gasteiger partial charge in [-0.25, -0.2) is 0 Å². The lowest BCUT2D eigenvalue weighted by molar-refractivity contribution is 0.0419. The largest absolute Gasteiger partial charge is 0.0766 e. The van der Waals surface area contributed by atoms with Crippen molar-refractivity contribution in [3.05, 3.63) is 22.8 Å². The molecule has 0 aromatic rings. The van der Waals surface area contributed by atoms with Crippen molar-refractivity contribution in [3.63, 3.8) is 0 Å². The van der Waals surface area contributed by atoms with Crippen molar-refractivity contribution in [2.45, 2.75) is 33.6 Å². The summed E-state index contributed by atoms with van der Waals surface area (Å²) in [5, 5.41) is 0. The highest BCUT2D eigenvalue weighted by molar-refractivity contribution is 5.59. The second kappa shape index (κ2) is 2.29. The molecule has 0 aliphatic heterocycles. The lowest BCUT2D eigenvalue weighted by Gasteiger charge is -2.49. The topological polar surface area (TPSA) is 0 Å². The third-order valence-corrected chi connectivity index (χ3v) is 4.78. The normalized spacial score (nSPS) is 47.2. The fraction of sp³-hybridized carbons (Fsp3) is 0.692. The van der Waals surface area contributed by atoms with Gasteiger partial charge in [-0.05, 0) is 47.7 Å². The highest BCUT2D eigenvalue weighted by Crippen LogP contribution is 2.57. The van der Waals surface area contributed by atoms with Crippen LogP contribution in [0.1, 0.15) is 33.6 Å². The van der Waals surface area contributed by atoms with Crippen LogP contribution in [0.4, 0.5) is 0 Å². The van der Waals surface area contributed by atoms with Gasteiger partial charge in [-0.2, -0.15) is 0 Å². The van der Waals surface area contributed by atoms with Gasteiger partial charge in [0.05, 0.1) is 0 Å². The Morgan fingerprint density at radius 3 is 2.23 bits per heavy atom. The second-order valence-corrected chi connectivity index (χ2v) is 5.22. The van der Waals surface area contributed by atoms with Crippen molar-refractivity contribution in [1.82, 2.24) is 0 Å². The van der Waals surface area contributed by atoms with Gasteiger partial charge in [-0.3, -0.25) is 0 Å². The molecule has 70 valence electrons. The van der Waals surface area contributed by atoms with E-state index in [0.717, 1.165) is 23.7 Å². The summed E-state index contributed by atoms with van der Waals surface area (Å²) in [5.74, 6) is 3.75. The highest BCUT2D eigenvalue weighted by atomic mass is 14.5. The van der Waals surface area contributed by atoms with Crippen LogP contribution in [0.15, 0.2) is 22.8 Å². The fourth-order valence-corrected chi connectivity index (χ4v) is 3.46. The van der Waals surface area contributed by atoms with E-state index in [1.807, 2.05) is 5.57 Å². The molecule has 0 heterocycles.